The summed E-state index contributed by atoms with van der Waals surface area (Å²) in [5.74, 6) is -1.02. The predicted molar refractivity (Wildman–Crippen MR) is 48.5 cm³/mol. The summed E-state index contributed by atoms with van der Waals surface area (Å²) in [4.78, 5) is 22.7. The zero-order chi connectivity index (χ0) is 10.9. The summed E-state index contributed by atoms with van der Waals surface area (Å²) in [6.45, 7) is 5.77. The quantitative estimate of drug-likeness (QED) is 0.652. The first kappa shape index (κ1) is 11.0. The maximum atomic E-state index is 10.8. The van der Waals surface area contributed by atoms with Gasteiger partial charge in [0.1, 0.15) is 6.23 Å². The van der Waals surface area contributed by atoms with E-state index in [9.17, 15) is 9.59 Å². The number of carboxylic acids is 1. The summed E-state index contributed by atoms with van der Waals surface area (Å²) in [5.41, 5.74) is -0.273. The van der Waals surface area contributed by atoms with Gasteiger partial charge in [-0.25, -0.2) is 4.79 Å². The van der Waals surface area contributed by atoms with Crippen LogP contribution in [-0.2, 0) is 14.3 Å². The van der Waals surface area contributed by atoms with Crippen LogP contribution in [0, 0.1) is 5.41 Å². The van der Waals surface area contributed by atoms with Crippen molar-refractivity contribution >= 4 is 12.4 Å². The lowest BCUT2D eigenvalue weighted by Crippen LogP contribution is -2.45. The molecule has 0 aromatic rings. The molecule has 1 N–H and O–H groups in total. The average Bonchev–Trinajstić information content (AvgIpc) is 2.45. The molecule has 1 amide bonds. The third-order valence-electron chi connectivity index (χ3n) is 2.19. The molecule has 1 rings (SSSR count). The summed E-state index contributed by atoms with van der Waals surface area (Å²) < 4.78 is 5.31. The number of carbonyl (C=O) groups is 2. The highest BCUT2D eigenvalue weighted by Crippen LogP contribution is 2.30. The summed E-state index contributed by atoms with van der Waals surface area (Å²) in [6, 6.07) is -0.850. The van der Waals surface area contributed by atoms with Gasteiger partial charge < -0.3 is 14.7 Å². The minimum absolute atomic E-state index is 0.0655. The number of nitrogens with zero attached hydrogens (tertiary/aromatic N) is 1. The summed E-state index contributed by atoms with van der Waals surface area (Å²) in [7, 11) is 0. The lowest BCUT2D eigenvalue weighted by atomic mass is 9.93. The monoisotopic (exact) mass is 201 g/mol. The topological polar surface area (TPSA) is 66.8 Å². The minimum Gasteiger partial charge on any atom is -0.480 e. The van der Waals surface area contributed by atoms with E-state index >= 15 is 0 Å². The van der Waals surface area contributed by atoms with Crippen molar-refractivity contribution in [3.63, 3.8) is 0 Å². The first-order valence-electron chi connectivity index (χ1n) is 4.45. The van der Waals surface area contributed by atoms with Crippen molar-refractivity contribution in [2.75, 3.05) is 6.61 Å². The Bertz CT molecular complexity index is 246. The van der Waals surface area contributed by atoms with Crippen molar-refractivity contribution in [2.45, 2.75) is 33.0 Å². The average molecular weight is 201 g/mol. The van der Waals surface area contributed by atoms with Crippen LogP contribution < -0.4 is 0 Å². The zero-order valence-corrected chi connectivity index (χ0v) is 8.56. The van der Waals surface area contributed by atoms with E-state index in [0.717, 1.165) is 0 Å². The molecule has 2 atom stereocenters. The number of hydrogen-bond donors (Lipinski definition) is 1. The largest absolute Gasteiger partial charge is 0.480 e. The molecule has 1 fully saturated rings. The first-order valence-corrected chi connectivity index (χ1v) is 4.45. The van der Waals surface area contributed by atoms with E-state index in [1.165, 1.54) is 4.90 Å². The van der Waals surface area contributed by atoms with Crippen LogP contribution in [0.4, 0.5) is 0 Å². The molecule has 1 aliphatic heterocycles. The molecular formula is C9H15NO4. The molecule has 0 aliphatic carbocycles. The van der Waals surface area contributed by atoms with Gasteiger partial charge in [-0.3, -0.25) is 4.79 Å². The molecule has 0 aromatic carbocycles. The molecule has 0 saturated carbocycles. The minimum atomic E-state index is -1.02. The molecule has 14 heavy (non-hydrogen) atoms. The van der Waals surface area contributed by atoms with Crippen LogP contribution in [0.1, 0.15) is 20.8 Å². The van der Waals surface area contributed by atoms with Gasteiger partial charge in [-0.05, 0) is 0 Å². The standard InChI is InChI=1S/C9H15NO4/c1-9(2,3)8-10(5-11)6(4-14-8)7(12)13/h5-6,8H,4H2,1-3H3,(H,12,13)/t6-,8+/m0/s1. The Balaban J connectivity index is 2.84. The van der Waals surface area contributed by atoms with Crippen LogP contribution in [0.2, 0.25) is 0 Å². The highest BCUT2D eigenvalue weighted by Gasteiger charge is 2.43. The van der Waals surface area contributed by atoms with Gasteiger partial charge >= 0.3 is 5.97 Å². The predicted octanol–water partition coefficient (Wildman–Crippen LogP) is 0.300. The van der Waals surface area contributed by atoms with Crippen LogP contribution in [0.5, 0.6) is 0 Å². The maximum absolute atomic E-state index is 10.8. The number of ether oxygens (including phenoxy) is 1. The van der Waals surface area contributed by atoms with Gasteiger partial charge in [0.15, 0.2) is 6.04 Å². The van der Waals surface area contributed by atoms with E-state index in [1.807, 2.05) is 20.8 Å². The Hall–Kier alpha value is -1.10. The second-order valence-corrected chi connectivity index (χ2v) is 4.46. The number of carboxylic acid groups (broad SMARTS) is 1. The number of amides is 1. The van der Waals surface area contributed by atoms with Crippen LogP contribution >= 0.6 is 0 Å². The molecule has 80 valence electrons. The molecule has 1 aliphatic rings. The molecule has 0 bridgehead atoms. The molecule has 0 aromatic heterocycles. The van der Waals surface area contributed by atoms with Crippen LogP contribution in [0.25, 0.3) is 0 Å². The fourth-order valence-electron chi connectivity index (χ4n) is 1.54. The smallest absolute Gasteiger partial charge is 0.328 e. The van der Waals surface area contributed by atoms with Gasteiger partial charge in [-0.1, -0.05) is 20.8 Å². The lowest BCUT2D eigenvalue weighted by molar-refractivity contribution is -0.147. The summed E-state index contributed by atoms with van der Waals surface area (Å²) in [5, 5.41) is 8.82. The SMILES string of the molecule is CC(C)(C)[C@H]1OC[C@@H](C(=O)O)N1C=O. The number of aliphatic carboxylic acids is 1. The van der Waals surface area contributed by atoms with E-state index in [4.69, 9.17) is 9.84 Å². The van der Waals surface area contributed by atoms with Gasteiger partial charge in [0.25, 0.3) is 0 Å². The van der Waals surface area contributed by atoms with Gasteiger partial charge in [-0.15, -0.1) is 0 Å². The zero-order valence-electron chi connectivity index (χ0n) is 8.56. The Labute approximate surface area is 82.6 Å². The molecular weight excluding hydrogens is 186 g/mol. The van der Waals surface area contributed by atoms with E-state index in [-0.39, 0.29) is 12.0 Å². The molecule has 1 saturated heterocycles. The van der Waals surface area contributed by atoms with E-state index in [1.54, 1.807) is 0 Å². The van der Waals surface area contributed by atoms with Crippen molar-refractivity contribution in [3.8, 4) is 0 Å². The van der Waals surface area contributed by atoms with Gasteiger partial charge in [0.05, 0.1) is 6.61 Å². The van der Waals surface area contributed by atoms with E-state index in [0.29, 0.717) is 6.41 Å². The number of carbonyl (C=O) groups excluding carboxylic acids is 1. The third-order valence-corrected chi connectivity index (χ3v) is 2.19. The van der Waals surface area contributed by atoms with Crippen molar-refractivity contribution in [3.05, 3.63) is 0 Å². The Morgan fingerprint density at radius 3 is 2.50 bits per heavy atom. The number of rotatable bonds is 2. The Morgan fingerprint density at radius 1 is 1.57 bits per heavy atom. The maximum Gasteiger partial charge on any atom is 0.328 e. The molecule has 5 heteroatoms. The molecule has 5 nitrogen and oxygen atoms in total. The molecule has 0 spiro atoms. The molecule has 1 heterocycles. The normalized spacial score (nSPS) is 27.8. The lowest BCUT2D eigenvalue weighted by Gasteiger charge is -2.32. The fourth-order valence-corrected chi connectivity index (χ4v) is 1.54. The highest BCUT2D eigenvalue weighted by atomic mass is 16.5. The van der Waals surface area contributed by atoms with Crippen LogP contribution in [-0.4, -0.2) is 41.3 Å². The van der Waals surface area contributed by atoms with E-state index < -0.39 is 18.2 Å². The first-order chi connectivity index (χ1) is 6.38. The van der Waals surface area contributed by atoms with E-state index in [2.05, 4.69) is 0 Å². The van der Waals surface area contributed by atoms with Crippen molar-refractivity contribution in [2.24, 2.45) is 5.41 Å². The van der Waals surface area contributed by atoms with Gasteiger partial charge in [0.2, 0.25) is 6.41 Å². The summed E-state index contributed by atoms with van der Waals surface area (Å²) in [6.07, 6.45) is 0.0860. The second kappa shape index (κ2) is 3.57. The Kier molecular flexibility index (Phi) is 2.80. The summed E-state index contributed by atoms with van der Waals surface area (Å²) >= 11 is 0. The van der Waals surface area contributed by atoms with Crippen molar-refractivity contribution in [1.29, 1.82) is 0 Å². The third kappa shape index (κ3) is 1.87. The highest BCUT2D eigenvalue weighted by molar-refractivity contribution is 5.77. The molecule has 0 unspecified atom stereocenters. The van der Waals surface area contributed by atoms with Crippen molar-refractivity contribution in [1.82, 2.24) is 4.90 Å². The van der Waals surface area contributed by atoms with Gasteiger partial charge in [-0.2, -0.15) is 0 Å². The van der Waals surface area contributed by atoms with Crippen molar-refractivity contribution < 1.29 is 19.4 Å². The molecule has 0 radical (unpaired) electrons. The number of hydrogen-bond acceptors (Lipinski definition) is 3. The van der Waals surface area contributed by atoms with Crippen LogP contribution in [0.3, 0.4) is 0 Å². The fraction of sp³-hybridized carbons (Fsp3) is 0.778. The Morgan fingerprint density at radius 2 is 2.14 bits per heavy atom. The van der Waals surface area contributed by atoms with Gasteiger partial charge in [0, 0.05) is 5.41 Å². The second-order valence-electron chi connectivity index (χ2n) is 4.46. The van der Waals surface area contributed by atoms with Crippen LogP contribution in [0.15, 0.2) is 0 Å².